The van der Waals surface area contributed by atoms with Crippen LogP contribution in [0.3, 0.4) is 0 Å². The molecule has 1 N–H and O–H groups in total. The van der Waals surface area contributed by atoms with Crippen LogP contribution in [0.15, 0.2) is 41.1 Å². The van der Waals surface area contributed by atoms with Gasteiger partial charge in [0.1, 0.15) is 23.6 Å². The van der Waals surface area contributed by atoms with Crippen molar-refractivity contribution >= 4 is 32.7 Å². The van der Waals surface area contributed by atoms with Crippen molar-refractivity contribution in [3.8, 4) is 0 Å². The highest BCUT2D eigenvalue weighted by molar-refractivity contribution is 9.10. The Morgan fingerprint density at radius 1 is 1.27 bits per heavy atom. The van der Waals surface area contributed by atoms with Crippen molar-refractivity contribution in [2.75, 3.05) is 18.0 Å². The summed E-state index contributed by atoms with van der Waals surface area (Å²) in [6.07, 6.45) is 4.74. The summed E-state index contributed by atoms with van der Waals surface area (Å²) in [5.41, 5.74) is 0.651. The zero-order chi connectivity index (χ0) is 18.3. The van der Waals surface area contributed by atoms with Crippen molar-refractivity contribution in [1.82, 2.24) is 14.5 Å². The van der Waals surface area contributed by atoms with Gasteiger partial charge in [-0.15, -0.1) is 0 Å². The lowest BCUT2D eigenvalue weighted by molar-refractivity contribution is 0.0824. The number of rotatable bonds is 3. The summed E-state index contributed by atoms with van der Waals surface area (Å²) in [6.45, 7) is 1.62. The molecule has 1 saturated heterocycles. The first-order valence-corrected chi connectivity index (χ1v) is 9.48. The van der Waals surface area contributed by atoms with Gasteiger partial charge in [0.15, 0.2) is 0 Å². The second-order valence-electron chi connectivity index (χ2n) is 6.79. The van der Waals surface area contributed by atoms with Gasteiger partial charge in [0.05, 0.1) is 9.99 Å². The maximum Gasteiger partial charge on any atom is 0.139 e. The van der Waals surface area contributed by atoms with E-state index in [1.807, 2.05) is 29.9 Å². The summed E-state index contributed by atoms with van der Waals surface area (Å²) >= 11 is 3.21. The molecule has 3 heterocycles. The molecule has 2 aromatic heterocycles. The van der Waals surface area contributed by atoms with Crippen LogP contribution in [0.2, 0.25) is 0 Å². The van der Waals surface area contributed by atoms with E-state index in [4.69, 9.17) is 0 Å². The van der Waals surface area contributed by atoms with Crippen molar-refractivity contribution in [3.63, 3.8) is 0 Å². The maximum absolute atomic E-state index is 13.8. The average Bonchev–Trinajstić information content (AvgIpc) is 3.08. The summed E-state index contributed by atoms with van der Waals surface area (Å²) in [5.74, 6) is 1.44. The van der Waals surface area contributed by atoms with E-state index in [9.17, 15) is 9.50 Å². The Bertz CT molecular complexity index is 936. The Morgan fingerprint density at radius 3 is 2.73 bits per heavy atom. The molecule has 26 heavy (non-hydrogen) atoms. The predicted molar refractivity (Wildman–Crippen MR) is 103 cm³/mol. The topological polar surface area (TPSA) is 54.2 Å². The number of benzene rings is 1. The Morgan fingerprint density at radius 2 is 2.04 bits per heavy atom. The fourth-order valence-electron chi connectivity index (χ4n) is 3.60. The first kappa shape index (κ1) is 17.4. The van der Waals surface area contributed by atoms with Gasteiger partial charge >= 0.3 is 0 Å². The van der Waals surface area contributed by atoms with E-state index in [0.29, 0.717) is 15.8 Å². The average molecular weight is 419 g/mol. The van der Waals surface area contributed by atoms with Crippen LogP contribution in [0.5, 0.6) is 0 Å². The van der Waals surface area contributed by atoms with Gasteiger partial charge in [0.25, 0.3) is 0 Å². The van der Waals surface area contributed by atoms with E-state index in [0.717, 1.165) is 37.1 Å². The lowest BCUT2D eigenvalue weighted by atomic mass is 9.90. The number of aromatic nitrogens is 3. The van der Waals surface area contributed by atoms with Crippen molar-refractivity contribution in [2.45, 2.75) is 18.9 Å². The Hall–Kier alpha value is -1.99. The smallest absolute Gasteiger partial charge is 0.139 e. The van der Waals surface area contributed by atoms with Crippen LogP contribution in [-0.4, -0.2) is 32.7 Å². The largest absolute Gasteiger partial charge is 0.385 e. The molecule has 1 unspecified atom stereocenters. The number of halogens is 2. The van der Waals surface area contributed by atoms with Gasteiger partial charge < -0.3 is 14.6 Å². The first-order chi connectivity index (χ1) is 12.5. The lowest BCUT2D eigenvalue weighted by Crippen LogP contribution is -2.36. The van der Waals surface area contributed by atoms with Gasteiger partial charge in [0.2, 0.25) is 0 Å². The number of anilines is 1. The van der Waals surface area contributed by atoms with E-state index in [1.54, 1.807) is 12.3 Å². The zero-order valence-electron chi connectivity index (χ0n) is 14.4. The molecule has 1 aliphatic rings. The molecule has 0 aliphatic carbocycles. The quantitative estimate of drug-likeness (QED) is 0.702. The number of aryl methyl sites for hydroxylation is 1. The standard InChI is InChI=1S/C19H20BrFN4O/c1-24-9-6-22-19(24)18(26)12-4-7-25(8-5-12)17-3-2-13-10-14(20)15(21)11-16(13)23-17/h2-3,6,9-12,18,26H,4-5,7-8H2,1H3. The number of pyridine rings is 1. The number of nitrogens with zero attached hydrogens (tertiary/aromatic N) is 4. The maximum atomic E-state index is 13.8. The SMILES string of the molecule is Cn1ccnc1C(O)C1CCN(c2ccc3cc(Br)c(F)cc3n2)CC1. The van der Waals surface area contributed by atoms with E-state index in [1.165, 1.54) is 6.07 Å². The summed E-state index contributed by atoms with van der Waals surface area (Å²) in [4.78, 5) is 11.1. The van der Waals surface area contributed by atoms with Gasteiger partial charge in [-0.1, -0.05) is 0 Å². The van der Waals surface area contributed by atoms with E-state index < -0.39 is 6.10 Å². The van der Waals surface area contributed by atoms with Crippen molar-refractivity contribution < 1.29 is 9.50 Å². The van der Waals surface area contributed by atoms with Gasteiger partial charge in [-0.2, -0.15) is 0 Å². The number of hydrogen-bond acceptors (Lipinski definition) is 4. The van der Waals surface area contributed by atoms with Crippen LogP contribution in [0.25, 0.3) is 10.9 Å². The molecular formula is C19H20BrFN4O. The molecule has 0 amide bonds. The van der Waals surface area contributed by atoms with E-state index >= 15 is 0 Å². The van der Waals surface area contributed by atoms with Gasteiger partial charge in [-0.05, 0) is 52.9 Å². The van der Waals surface area contributed by atoms with Crippen molar-refractivity contribution in [3.05, 3.63) is 52.8 Å². The fraction of sp³-hybridized carbons (Fsp3) is 0.368. The highest BCUT2D eigenvalue weighted by Crippen LogP contribution is 2.32. The minimum atomic E-state index is -0.548. The molecule has 0 spiro atoms. The molecular weight excluding hydrogens is 399 g/mol. The van der Waals surface area contributed by atoms with Crippen LogP contribution in [0.4, 0.5) is 10.2 Å². The molecule has 1 aromatic carbocycles. The molecule has 136 valence electrons. The summed E-state index contributed by atoms with van der Waals surface area (Å²) in [5, 5.41) is 11.5. The zero-order valence-corrected chi connectivity index (χ0v) is 16.0. The van der Waals surface area contributed by atoms with Crippen LogP contribution in [0.1, 0.15) is 24.8 Å². The van der Waals surface area contributed by atoms with Gasteiger partial charge in [0, 0.05) is 44.0 Å². The molecule has 0 saturated carbocycles. The first-order valence-electron chi connectivity index (χ1n) is 8.69. The molecule has 1 atom stereocenters. The number of piperidine rings is 1. The molecule has 0 bridgehead atoms. The summed E-state index contributed by atoms with van der Waals surface area (Å²) in [7, 11) is 1.90. The monoisotopic (exact) mass is 418 g/mol. The number of imidazole rings is 1. The molecule has 1 fully saturated rings. The predicted octanol–water partition coefficient (Wildman–Crippen LogP) is 3.82. The van der Waals surface area contributed by atoms with Crippen LogP contribution >= 0.6 is 15.9 Å². The molecule has 1 aliphatic heterocycles. The van der Waals surface area contributed by atoms with Gasteiger partial charge in [-0.3, -0.25) is 0 Å². The second kappa shape index (κ2) is 6.96. The second-order valence-corrected chi connectivity index (χ2v) is 7.65. The minimum Gasteiger partial charge on any atom is -0.385 e. The molecule has 3 aromatic rings. The summed E-state index contributed by atoms with van der Waals surface area (Å²) in [6, 6.07) is 7.15. The van der Waals surface area contributed by atoms with E-state index in [2.05, 4.69) is 30.8 Å². The highest BCUT2D eigenvalue weighted by Gasteiger charge is 2.28. The molecule has 7 heteroatoms. The summed E-state index contributed by atoms with van der Waals surface area (Å²) < 4.78 is 16.1. The normalized spacial score (nSPS) is 17.0. The number of aliphatic hydroxyl groups excluding tert-OH is 1. The van der Waals surface area contributed by atoms with Crippen LogP contribution in [0, 0.1) is 11.7 Å². The minimum absolute atomic E-state index is 0.182. The fourth-order valence-corrected chi connectivity index (χ4v) is 3.96. The third-order valence-corrected chi connectivity index (χ3v) is 5.76. The number of hydrogen-bond donors (Lipinski definition) is 1. The molecule has 4 rings (SSSR count). The molecule has 0 radical (unpaired) electrons. The molecule has 5 nitrogen and oxygen atoms in total. The van der Waals surface area contributed by atoms with Crippen molar-refractivity contribution in [2.24, 2.45) is 13.0 Å². The van der Waals surface area contributed by atoms with Crippen LogP contribution < -0.4 is 4.90 Å². The number of aliphatic hydroxyl groups is 1. The van der Waals surface area contributed by atoms with Crippen LogP contribution in [-0.2, 0) is 7.05 Å². The Balaban J connectivity index is 1.48. The lowest BCUT2D eigenvalue weighted by Gasteiger charge is -2.34. The third-order valence-electron chi connectivity index (χ3n) is 5.15. The number of fused-ring (bicyclic) bond motifs is 1. The highest BCUT2D eigenvalue weighted by atomic mass is 79.9. The van der Waals surface area contributed by atoms with Crippen molar-refractivity contribution in [1.29, 1.82) is 0 Å². The van der Waals surface area contributed by atoms with Gasteiger partial charge in [-0.25, -0.2) is 14.4 Å². The van der Waals surface area contributed by atoms with E-state index in [-0.39, 0.29) is 11.7 Å². The third kappa shape index (κ3) is 3.21. The Labute approximate surface area is 159 Å². The Kier molecular flexibility index (Phi) is 4.67.